The van der Waals surface area contributed by atoms with Crippen LogP contribution in [0.5, 0.6) is 5.75 Å². The van der Waals surface area contributed by atoms with Gasteiger partial charge in [0.25, 0.3) is 0 Å². The van der Waals surface area contributed by atoms with Gasteiger partial charge in [-0.15, -0.1) is 0 Å². The Balaban J connectivity index is 2.04. The van der Waals surface area contributed by atoms with Crippen molar-refractivity contribution in [2.45, 2.75) is 40.2 Å². The molecule has 2 atom stereocenters. The summed E-state index contributed by atoms with van der Waals surface area (Å²) in [5.41, 5.74) is 2.85. The van der Waals surface area contributed by atoms with Gasteiger partial charge in [0.05, 0.1) is 24.0 Å². The van der Waals surface area contributed by atoms with Crippen LogP contribution in [0.1, 0.15) is 36.5 Å². The second kappa shape index (κ2) is 5.76. The Bertz CT molecular complexity index is 763. The summed E-state index contributed by atoms with van der Waals surface area (Å²) in [5.74, 6) is 1.02. The third kappa shape index (κ3) is 2.75. The first-order chi connectivity index (χ1) is 10.5. The van der Waals surface area contributed by atoms with Gasteiger partial charge < -0.3 is 14.4 Å². The van der Waals surface area contributed by atoms with Crippen molar-refractivity contribution in [3.05, 3.63) is 39.2 Å². The number of fused-ring (bicyclic) bond motifs is 1. The SMILES string of the molecule is Cc1cc2oc(=O)cc(C)c2c(O)c1C[NH+]1CCC[C@@H](C)C1. The molecule has 4 nitrogen and oxygen atoms in total. The number of aromatic hydroxyl groups is 1. The fraction of sp³-hybridized carbons (Fsp3) is 0.500. The largest absolute Gasteiger partial charge is 0.507 e. The molecule has 0 spiro atoms. The zero-order valence-corrected chi connectivity index (χ0v) is 13.5. The lowest BCUT2D eigenvalue weighted by molar-refractivity contribution is -0.922. The summed E-state index contributed by atoms with van der Waals surface area (Å²) in [6.45, 7) is 9.25. The number of hydrogen-bond donors (Lipinski definition) is 2. The van der Waals surface area contributed by atoms with E-state index in [9.17, 15) is 9.90 Å². The van der Waals surface area contributed by atoms with Gasteiger partial charge in [-0.1, -0.05) is 6.92 Å². The quantitative estimate of drug-likeness (QED) is 0.834. The molecule has 1 saturated heterocycles. The van der Waals surface area contributed by atoms with Crippen LogP contribution in [-0.4, -0.2) is 18.2 Å². The van der Waals surface area contributed by atoms with E-state index in [0.29, 0.717) is 11.0 Å². The molecule has 2 heterocycles. The number of rotatable bonds is 2. The number of piperidine rings is 1. The molecule has 118 valence electrons. The van der Waals surface area contributed by atoms with E-state index in [1.54, 1.807) is 0 Å². The fourth-order valence-corrected chi connectivity index (χ4v) is 3.69. The van der Waals surface area contributed by atoms with E-state index in [4.69, 9.17) is 4.42 Å². The number of benzene rings is 1. The summed E-state index contributed by atoms with van der Waals surface area (Å²) >= 11 is 0. The highest BCUT2D eigenvalue weighted by atomic mass is 16.4. The van der Waals surface area contributed by atoms with Crippen LogP contribution in [0, 0.1) is 19.8 Å². The van der Waals surface area contributed by atoms with Crippen molar-refractivity contribution in [2.24, 2.45) is 5.92 Å². The molecule has 1 aromatic heterocycles. The lowest BCUT2D eigenvalue weighted by Gasteiger charge is -2.28. The van der Waals surface area contributed by atoms with Crippen molar-refractivity contribution in [3.8, 4) is 5.75 Å². The Morgan fingerprint density at radius 3 is 2.82 bits per heavy atom. The molecule has 2 N–H and O–H groups in total. The standard InChI is InChI=1S/C18H23NO3/c1-11-5-4-6-19(9-11)10-14-12(2)7-15-17(18(14)21)13(3)8-16(20)22-15/h7-8,11,21H,4-6,9-10H2,1-3H3/p+1/t11-/m1/s1. The maximum Gasteiger partial charge on any atom is 0.336 e. The third-order valence-corrected chi connectivity index (χ3v) is 4.82. The maximum atomic E-state index is 11.5. The number of quaternary nitrogens is 1. The molecule has 3 rings (SSSR count). The molecule has 0 radical (unpaired) electrons. The smallest absolute Gasteiger partial charge is 0.336 e. The number of hydrogen-bond acceptors (Lipinski definition) is 3. The molecule has 1 aliphatic rings. The minimum Gasteiger partial charge on any atom is -0.507 e. The highest BCUT2D eigenvalue weighted by Crippen LogP contribution is 2.32. The highest BCUT2D eigenvalue weighted by molar-refractivity contribution is 5.88. The summed E-state index contributed by atoms with van der Waals surface area (Å²) in [6, 6.07) is 3.32. The zero-order valence-electron chi connectivity index (χ0n) is 13.5. The number of aryl methyl sites for hydroxylation is 2. The van der Waals surface area contributed by atoms with Crippen LogP contribution in [0.25, 0.3) is 11.0 Å². The first-order valence-corrected chi connectivity index (χ1v) is 8.05. The van der Waals surface area contributed by atoms with Crippen molar-refractivity contribution < 1.29 is 14.4 Å². The maximum absolute atomic E-state index is 11.5. The molecule has 2 aromatic rings. The fourth-order valence-electron chi connectivity index (χ4n) is 3.69. The van der Waals surface area contributed by atoms with Crippen LogP contribution in [0.3, 0.4) is 0 Å². The van der Waals surface area contributed by atoms with E-state index in [1.807, 2.05) is 19.9 Å². The van der Waals surface area contributed by atoms with Gasteiger partial charge >= 0.3 is 5.63 Å². The van der Waals surface area contributed by atoms with E-state index in [2.05, 4.69) is 6.92 Å². The number of phenols is 1. The highest BCUT2D eigenvalue weighted by Gasteiger charge is 2.23. The number of phenolic OH excluding ortho intramolecular Hbond substituents is 1. The molecule has 1 unspecified atom stereocenters. The molecular weight excluding hydrogens is 278 g/mol. The Hall–Kier alpha value is -1.81. The molecule has 1 aliphatic heterocycles. The predicted molar refractivity (Wildman–Crippen MR) is 86.4 cm³/mol. The number of nitrogens with one attached hydrogen (secondary N) is 1. The molecule has 0 aliphatic carbocycles. The Labute approximate surface area is 130 Å². The van der Waals surface area contributed by atoms with Crippen LogP contribution in [0.2, 0.25) is 0 Å². The van der Waals surface area contributed by atoms with Crippen molar-refractivity contribution in [2.75, 3.05) is 13.1 Å². The average Bonchev–Trinajstić information content (AvgIpc) is 2.42. The Morgan fingerprint density at radius 2 is 2.09 bits per heavy atom. The summed E-state index contributed by atoms with van der Waals surface area (Å²) in [4.78, 5) is 13.0. The van der Waals surface area contributed by atoms with Gasteiger partial charge in [0.1, 0.15) is 17.9 Å². The van der Waals surface area contributed by atoms with Crippen LogP contribution in [0.15, 0.2) is 21.3 Å². The van der Waals surface area contributed by atoms with E-state index in [0.717, 1.165) is 42.2 Å². The lowest BCUT2D eigenvalue weighted by atomic mass is 9.97. The molecule has 22 heavy (non-hydrogen) atoms. The van der Waals surface area contributed by atoms with Gasteiger partial charge in [0.2, 0.25) is 0 Å². The zero-order chi connectivity index (χ0) is 15.9. The molecule has 4 heteroatoms. The minimum absolute atomic E-state index is 0.280. The van der Waals surface area contributed by atoms with Crippen molar-refractivity contribution >= 4 is 11.0 Å². The van der Waals surface area contributed by atoms with Crippen LogP contribution < -0.4 is 10.5 Å². The predicted octanol–water partition coefficient (Wildman–Crippen LogP) is 1.93. The molecular formula is C18H24NO3+. The second-order valence-electron chi connectivity index (χ2n) is 6.77. The molecule has 0 saturated carbocycles. The average molecular weight is 302 g/mol. The van der Waals surface area contributed by atoms with Gasteiger partial charge in [0, 0.05) is 12.0 Å². The first kappa shape index (κ1) is 15.1. The van der Waals surface area contributed by atoms with Crippen molar-refractivity contribution in [3.63, 3.8) is 0 Å². The van der Waals surface area contributed by atoms with Gasteiger partial charge in [-0.2, -0.15) is 0 Å². The van der Waals surface area contributed by atoms with Crippen LogP contribution >= 0.6 is 0 Å². The van der Waals surface area contributed by atoms with Crippen molar-refractivity contribution in [1.29, 1.82) is 0 Å². The summed E-state index contributed by atoms with van der Waals surface area (Å²) in [6.07, 6.45) is 2.55. The van der Waals surface area contributed by atoms with E-state index < -0.39 is 0 Å². The van der Waals surface area contributed by atoms with Gasteiger partial charge in [0.15, 0.2) is 0 Å². The lowest BCUT2D eigenvalue weighted by Crippen LogP contribution is -3.12. The van der Waals surface area contributed by atoms with E-state index >= 15 is 0 Å². The summed E-state index contributed by atoms with van der Waals surface area (Å²) < 4.78 is 5.24. The van der Waals surface area contributed by atoms with Gasteiger partial charge in [-0.25, -0.2) is 4.79 Å². The second-order valence-corrected chi connectivity index (χ2v) is 6.77. The monoisotopic (exact) mass is 302 g/mol. The third-order valence-electron chi connectivity index (χ3n) is 4.82. The first-order valence-electron chi connectivity index (χ1n) is 8.05. The molecule has 0 amide bonds. The topological polar surface area (TPSA) is 54.9 Å². The minimum atomic E-state index is -0.368. The van der Waals surface area contributed by atoms with Gasteiger partial charge in [-0.3, -0.25) is 0 Å². The Morgan fingerprint density at radius 1 is 1.32 bits per heavy atom. The molecule has 1 fully saturated rings. The van der Waals surface area contributed by atoms with E-state index in [1.165, 1.54) is 23.8 Å². The van der Waals surface area contributed by atoms with E-state index in [-0.39, 0.29) is 11.4 Å². The summed E-state index contributed by atoms with van der Waals surface area (Å²) in [7, 11) is 0. The Kier molecular flexibility index (Phi) is 3.96. The van der Waals surface area contributed by atoms with Crippen molar-refractivity contribution in [1.82, 2.24) is 0 Å². The van der Waals surface area contributed by atoms with Crippen LogP contribution in [-0.2, 0) is 6.54 Å². The normalized spacial score (nSPS) is 22.1. The molecule has 0 bridgehead atoms. The number of likely N-dealkylation sites (tertiary alicyclic amines) is 1. The molecule has 1 aromatic carbocycles. The van der Waals surface area contributed by atoms with Crippen LogP contribution in [0.4, 0.5) is 0 Å². The van der Waals surface area contributed by atoms with Gasteiger partial charge in [-0.05, 0) is 43.9 Å². The summed E-state index contributed by atoms with van der Waals surface area (Å²) in [5, 5.41) is 11.4.